The molecule has 4 nitrogen and oxygen atoms in total. The maximum Gasteiger partial charge on any atom is 0.226 e. The van der Waals surface area contributed by atoms with Gasteiger partial charge in [-0.05, 0) is 56.5 Å². The molecule has 1 aromatic rings. The number of amides is 1. The highest BCUT2D eigenvalue weighted by atomic mass is 16.2. The number of piperidine rings is 1. The van der Waals surface area contributed by atoms with Crippen LogP contribution in [0.5, 0.6) is 0 Å². The molecule has 0 unspecified atom stereocenters. The summed E-state index contributed by atoms with van der Waals surface area (Å²) in [7, 11) is 1.99. The zero-order valence-corrected chi connectivity index (χ0v) is 11.6. The standard InChI is InChI=1S/C15H23N3O/c1-16-7-2-13-5-10-18(11-6-13)15(19)12-14-3-8-17-9-4-14/h3-4,8-9,13,16H,2,5-7,10-12H2,1H3. The lowest BCUT2D eigenvalue weighted by atomic mass is 9.93. The highest BCUT2D eigenvalue weighted by molar-refractivity contribution is 5.78. The van der Waals surface area contributed by atoms with Gasteiger partial charge in [-0.1, -0.05) is 0 Å². The second-order valence-electron chi connectivity index (χ2n) is 5.25. The molecule has 0 aromatic carbocycles. The van der Waals surface area contributed by atoms with Gasteiger partial charge in [-0.15, -0.1) is 0 Å². The molecule has 0 radical (unpaired) electrons. The number of aromatic nitrogens is 1. The van der Waals surface area contributed by atoms with Gasteiger partial charge in [0.15, 0.2) is 0 Å². The van der Waals surface area contributed by atoms with Crippen molar-refractivity contribution in [2.24, 2.45) is 5.92 Å². The van der Waals surface area contributed by atoms with E-state index in [4.69, 9.17) is 0 Å². The number of hydrogen-bond acceptors (Lipinski definition) is 3. The molecule has 1 aliphatic heterocycles. The van der Waals surface area contributed by atoms with Crippen molar-refractivity contribution in [3.8, 4) is 0 Å². The summed E-state index contributed by atoms with van der Waals surface area (Å²) in [6.45, 7) is 2.91. The molecule has 19 heavy (non-hydrogen) atoms. The lowest BCUT2D eigenvalue weighted by Gasteiger charge is -2.32. The van der Waals surface area contributed by atoms with Crippen molar-refractivity contribution >= 4 is 5.91 Å². The second-order valence-corrected chi connectivity index (χ2v) is 5.25. The number of rotatable bonds is 5. The van der Waals surface area contributed by atoms with Crippen LogP contribution in [0.4, 0.5) is 0 Å². The first-order valence-electron chi connectivity index (χ1n) is 7.11. The third-order valence-corrected chi connectivity index (χ3v) is 3.87. The third kappa shape index (κ3) is 4.31. The van der Waals surface area contributed by atoms with E-state index in [-0.39, 0.29) is 5.91 Å². The summed E-state index contributed by atoms with van der Waals surface area (Å²) in [5.41, 5.74) is 1.05. The Kier molecular flexibility index (Phi) is 5.33. The predicted octanol–water partition coefficient (Wildman–Crippen LogP) is 1.47. The van der Waals surface area contributed by atoms with Gasteiger partial charge in [-0.2, -0.15) is 0 Å². The molecule has 2 rings (SSSR count). The minimum absolute atomic E-state index is 0.248. The number of hydrogen-bond donors (Lipinski definition) is 1. The molecule has 0 spiro atoms. The van der Waals surface area contributed by atoms with Crippen LogP contribution in [-0.4, -0.2) is 42.5 Å². The van der Waals surface area contributed by atoms with Crippen LogP contribution in [0.25, 0.3) is 0 Å². The lowest BCUT2D eigenvalue weighted by Crippen LogP contribution is -2.39. The maximum absolute atomic E-state index is 12.2. The molecule has 1 N–H and O–H groups in total. The van der Waals surface area contributed by atoms with Crippen molar-refractivity contribution in [2.75, 3.05) is 26.7 Å². The van der Waals surface area contributed by atoms with Gasteiger partial charge in [-0.25, -0.2) is 0 Å². The summed E-state index contributed by atoms with van der Waals surface area (Å²) in [4.78, 5) is 18.2. The first kappa shape index (κ1) is 14.0. The van der Waals surface area contributed by atoms with Gasteiger partial charge in [-0.3, -0.25) is 9.78 Å². The van der Waals surface area contributed by atoms with Gasteiger partial charge in [0.25, 0.3) is 0 Å². The van der Waals surface area contributed by atoms with Crippen LogP contribution in [0, 0.1) is 5.92 Å². The number of nitrogens with zero attached hydrogens (tertiary/aromatic N) is 2. The van der Waals surface area contributed by atoms with E-state index in [1.165, 1.54) is 6.42 Å². The van der Waals surface area contributed by atoms with Crippen molar-refractivity contribution in [3.63, 3.8) is 0 Å². The van der Waals surface area contributed by atoms with Crippen molar-refractivity contribution in [3.05, 3.63) is 30.1 Å². The number of carbonyl (C=O) groups is 1. The molecule has 0 bridgehead atoms. The van der Waals surface area contributed by atoms with Crippen molar-refractivity contribution in [1.82, 2.24) is 15.2 Å². The van der Waals surface area contributed by atoms with E-state index < -0.39 is 0 Å². The second kappa shape index (κ2) is 7.24. The van der Waals surface area contributed by atoms with Gasteiger partial charge in [0.05, 0.1) is 6.42 Å². The topological polar surface area (TPSA) is 45.2 Å². The van der Waals surface area contributed by atoms with Gasteiger partial charge in [0.2, 0.25) is 5.91 Å². The van der Waals surface area contributed by atoms with E-state index in [9.17, 15) is 4.79 Å². The Balaban J connectivity index is 1.76. The van der Waals surface area contributed by atoms with Crippen LogP contribution in [0.15, 0.2) is 24.5 Å². The van der Waals surface area contributed by atoms with Crippen molar-refractivity contribution in [1.29, 1.82) is 0 Å². The van der Waals surface area contributed by atoms with E-state index in [0.717, 1.165) is 44.0 Å². The molecule has 1 fully saturated rings. The van der Waals surface area contributed by atoms with E-state index in [1.54, 1.807) is 12.4 Å². The van der Waals surface area contributed by atoms with Gasteiger partial charge in [0, 0.05) is 25.5 Å². The van der Waals surface area contributed by atoms with Crippen LogP contribution < -0.4 is 5.32 Å². The maximum atomic E-state index is 12.2. The predicted molar refractivity (Wildman–Crippen MR) is 75.8 cm³/mol. The summed E-state index contributed by atoms with van der Waals surface area (Å²) < 4.78 is 0. The van der Waals surface area contributed by atoms with E-state index in [0.29, 0.717) is 6.42 Å². The Labute approximate surface area is 115 Å². The molecule has 1 saturated heterocycles. The van der Waals surface area contributed by atoms with E-state index in [2.05, 4.69) is 10.3 Å². The molecule has 1 amide bonds. The largest absolute Gasteiger partial charge is 0.342 e. The fourth-order valence-corrected chi connectivity index (χ4v) is 2.61. The first-order valence-corrected chi connectivity index (χ1v) is 7.11. The zero-order valence-electron chi connectivity index (χ0n) is 11.6. The summed E-state index contributed by atoms with van der Waals surface area (Å²) in [5.74, 6) is 1.02. The first-order chi connectivity index (χ1) is 9.29. The molecular formula is C15H23N3O. The number of pyridine rings is 1. The SMILES string of the molecule is CNCCC1CCN(C(=O)Cc2ccncc2)CC1. The Morgan fingerprint density at radius 2 is 2.05 bits per heavy atom. The van der Waals surface area contributed by atoms with E-state index in [1.807, 2.05) is 24.1 Å². The minimum Gasteiger partial charge on any atom is -0.342 e. The Morgan fingerprint density at radius 1 is 1.37 bits per heavy atom. The molecule has 0 saturated carbocycles. The Morgan fingerprint density at radius 3 is 2.68 bits per heavy atom. The molecule has 4 heteroatoms. The fourth-order valence-electron chi connectivity index (χ4n) is 2.61. The molecule has 0 atom stereocenters. The van der Waals surface area contributed by atoms with Crippen molar-refractivity contribution < 1.29 is 4.79 Å². The highest BCUT2D eigenvalue weighted by Crippen LogP contribution is 2.20. The number of nitrogens with one attached hydrogen (secondary N) is 1. The average Bonchev–Trinajstić information content (AvgIpc) is 2.46. The Bertz CT molecular complexity index is 386. The van der Waals surface area contributed by atoms with E-state index >= 15 is 0 Å². The molecule has 104 valence electrons. The van der Waals surface area contributed by atoms with Crippen LogP contribution in [-0.2, 0) is 11.2 Å². The molecular weight excluding hydrogens is 238 g/mol. The summed E-state index contributed by atoms with van der Waals surface area (Å²) >= 11 is 0. The van der Waals surface area contributed by atoms with Crippen LogP contribution in [0.1, 0.15) is 24.8 Å². The van der Waals surface area contributed by atoms with Crippen LogP contribution in [0.2, 0.25) is 0 Å². The third-order valence-electron chi connectivity index (χ3n) is 3.87. The van der Waals surface area contributed by atoms with Gasteiger partial charge in [0.1, 0.15) is 0 Å². The summed E-state index contributed by atoms with van der Waals surface area (Å²) in [6.07, 6.45) is 7.50. The summed E-state index contributed by atoms with van der Waals surface area (Å²) in [5, 5.41) is 3.20. The molecule has 1 aromatic heterocycles. The minimum atomic E-state index is 0.248. The van der Waals surface area contributed by atoms with Gasteiger partial charge >= 0.3 is 0 Å². The summed E-state index contributed by atoms with van der Waals surface area (Å²) in [6, 6.07) is 3.83. The average molecular weight is 261 g/mol. The Hall–Kier alpha value is -1.42. The monoisotopic (exact) mass is 261 g/mol. The molecule has 2 heterocycles. The van der Waals surface area contributed by atoms with Gasteiger partial charge < -0.3 is 10.2 Å². The van der Waals surface area contributed by atoms with Crippen LogP contribution >= 0.6 is 0 Å². The zero-order chi connectivity index (χ0) is 13.5. The number of likely N-dealkylation sites (tertiary alicyclic amines) is 1. The number of carbonyl (C=O) groups excluding carboxylic acids is 1. The molecule has 0 aliphatic carbocycles. The lowest BCUT2D eigenvalue weighted by molar-refractivity contribution is -0.131. The highest BCUT2D eigenvalue weighted by Gasteiger charge is 2.22. The molecule has 1 aliphatic rings. The smallest absolute Gasteiger partial charge is 0.226 e. The fraction of sp³-hybridized carbons (Fsp3) is 0.600. The van der Waals surface area contributed by atoms with Crippen LogP contribution in [0.3, 0.4) is 0 Å². The normalized spacial score (nSPS) is 16.6. The quantitative estimate of drug-likeness (QED) is 0.873. The van der Waals surface area contributed by atoms with Crippen molar-refractivity contribution in [2.45, 2.75) is 25.7 Å².